The molecule has 0 N–H and O–H groups in total. The van der Waals surface area contributed by atoms with Gasteiger partial charge in [-0.15, -0.1) is 11.3 Å². The number of hydrogen-bond donors (Lipinski definition) is 0. The van der Waals surface area contributed by atoms with E-state index in [1.54, 1.807) is 37.7 Å². The monoisotopic (exact) mass is 347 g/mol. The number of thiophene rings is 1. The van der Waals surface area contributed by atoms with Crippen LogP contribution in [-0.4, -0.2) is 31.1 Å². The summed E-state index contributed by atoms with van der Waals surface area (Å²) in [7, 11) is 3.20. The van der Waals surface area contributed by atoms with Crippen molar-refractivity contribution < 1.29 is 14.3 Å². The van der Waals surface area contributed by atoms with E-state index in [1.807, 2.05) is 25.7 Å². The van der Waals surface area contributed by atoms with Gasteiger partial charge in [0.25, 0.3) is 5.91 Å². The van der Waals surface area contributed by atoms with E-state index in [9.17, 15) is 4.79 Å². The maximum atomic E-state index is 13.1. The molecule has 1 amide bonds. The van der Waals surface area contributed by atoms with Crippen molar-refractivity contribution in [2.75, 3.05) is 14.2 Å². The molecular formula is C19H25NO3S. The molecule has 0 aliphatic carbocycles. The van der Waals surface area contributed by atoms with Crippen LogP contribution in [0.15, 0.2) is 24.3 Å². The quantitative estimate of drug-likeness (QED) is 0.776. The Hall–Kier alpha value is -2.01. The minimum absolute atomic E-state index is 0.0207. The van der Waals surface area contributed by atoms with Crippen LogP contribution in [-0.2, 0) is 6.54 Å². The summed E-state index contributed by atoms with van der Waals surface area (Å²) in [5.41, 5.74) is 1.47. The van der Waals surface area contributed by atoms with Crippen molar-refractivity contribution in [3.63, 3.8) is 0 Å². The van der Waals surface area contributed by atoms with E-state index >= 15 is 0 Å². The van der Waals surface area contributed by atoms with Gasteiger partial charge in [-0.3, -0.25) is 4.79 Å². The predicted octanol–water partition coefficient (Wildman–Crippen LogP) is 4.43. The summed E-state index contributed by atoms with van der Waals surface area (Å²) in [5, 5.41) is 0. The standard InChI is InChI=1S/C19H25NO3S/c1-12(2)20(11-16-8-7-13(3)24-16)19(21)15-9-17(22-5)14(4)18(10-15)23-6/h7-10,12H,11H2,1-6H3. The number of carbonyl (C=O) groups excluding carboxylic acids is 1. The lowest BCUT2D eigenvalue weighted by Crippen LogP contribution is -2.36. The molecule has 0 bridgehead atoms. The second kappa shape index (κ2) is 7.71. The molecule has 0 saturated heterocycles. The average molecular weight is 347 g/mol. The van der Waals surface area contributed by atoms with Crippen molar-refractivity contribution in [2.45, 2.75) is 40.3 Å². The fourth-order valence-corrected chi connectivity index (χ4v) is 3.49. The highest BCUT2D eigenvalue weighted by Crippen LogP contribution is 2.30. The molecule has 2 aromatic rings. The van der Waals surface area contributed by atoms with Crippen molar-refractivity contribution in [1.82, 2.24) is 4.90 Å². The first-order chi connectivity index (χ1) is 11.4. The Balaban J connectivity index is 2.36. The highest BCUT2D eigenvalue weighted by atomic mass is 32.1. The second-order valence-electron chi connectivity index (χ2n) is 6.04. The molecule has 130 valence electrons. The topological polar surface area (TPSA) is 38.8 Å². The minimum atomic E-state index is -0.0207. The third-order valence-electron chi connectivity index (χ3n) is 4.01. The van der Waals surface area contributed by atoms with E-state index in [0.717, 1.165) is 5.56 Å². The number of nitrogens with zero attached hydrogens (tertiary/aromatic N) is 1. The van der Waals surface area contributed by atoms with E-state index in [1.165, 1.54) is 9.75 Å². The molecule has 0 saturated carbocycles. The van der Waals surface area contributed by atoms with E-state index in [-0.39, 0.29) is 11.9 Å². The van der Waals surface area contributed by atoms with Crippen molar-refractivity contribution in [1.29, 1.82) is 0 Å². The summed E-state index contributed by atoms with van der Waals surface area (Å²) < 4.78 is 10.8. The normalized spacial score (nSPS) is 10.8. The Kier molecular flexibility index (Phi) is 5.89. The van der Waals surface area contributed by atoms with Crippen molar-refractivity contribution in [3.05, 3.63) is 45.1 Å². The smallest absolute Gasteiger partial charge is 0.254 e. The maximum absolute atomic E-state index is 13.1. The molecule has 1 aromatic heterocycles. The molecule has 0 spiro atoms. The van der Waals surface area contributed by atoms with E-state index < -0.39 is 0 Å². The van der Waals surface area contributed by atoms with Crippen LogP contribution in [0.3, 0.4) is 0 Å². The molecule has 1 aromatic carbocycles. The van der Waals surface area contributed by atoms with Gasteiger partial charge in [-0.05, 0) is 52.0 Å². The number of ether oxygens (including phenoxy) is 2. The van der Waals surface area contributed by atoms with Crippen LogP contribution in [0, 0.1) is 13.8 Å². The molecule has 2 rings (SSSR count). The third kappa shape index (κ3) is 3.90. The van der Waals surface area contributed by atoms with Gasteiger partial charge in [-0.2, -0.15) is 0 Å². The van der Waals surface area contributed by atoms with Gasteiger partial charge in [0, 0.05) is 26.9 Å². The van der Waals surface area contributed by atoms with E-state index in [4.69, 9.17) is 9.47 Å². The fourth-order valence-electron chi connectivity index (χ4n) is 2.60. The number of benzene rings is 1. The average Bonchev–Trinajstić information content (AvgIpc) is 2.97. The minimum Gasteiger partial charge on any atom is -0.496 e. The molecule has 0 aliphatic rings. The Morgan fingerprint density at radius 1 is 1.12 bits per heavy atom. The molecule has 5 heteroatoms. The lowest BCUT2D eigenvalue weighted by Gasteiger charge is -2.27. The van der Waals surface area contributed by atoms with Crippen molar-refractivity contribution in [2.24, 2.45) is 0 Å². The van der Waals surface area contributed by atoms with Crippen molar-refractivity contribution in [3.8, 4) is 11.5 Å². The second-order valence-corrected chi connectivity index (χ2v) is 7.42. The van der Waals surface area contributed by atoms with Crippen LogP contribution in [0.1, 0.15) is 39.5 Å². The SMILES string of the molecule is COc1cc(C(=O)N(Cc2ccc(C)s2)C(C)C)cc(OC)c1C. The molecule has 0 aliphatic heterocycles. The highest BCUT2D eigenvalue weighted by Gasteiger charge is 2.22. The zero-order valence-electron chi connectivity index (χ0n) is 15.2. The Labute approximate surface area is 148 Å². The van der Waals surface area contributed by atoms with Gasteiger partial charge in [0.15, 0.2) is 0 Å². The van der Waals surface area contributed by atoms with Gasteiger partial charge >= 0.3 is 0 Å². The van der Waals surface area contributed by atoms with Gasteiger partial charge in [0.1, 0.15) is 11.5 Å². The largest absolute Gasteiger partial charge is 0.496 e. The summed E-state index contributed by atoms with van der Waals surface area (Å²) in [6.07, 6.45) is 0. The molecule has 24 heavy (non-hydrogen) atoms. The molecular weight excluding hydrogens is 322 g/mol. The summed E-state index contributed by atoms with van der Waals surface area (Å²) >= 11 is 1.72. The lowest BCUT2D eigenvalue weighted by molar-refractivity contribution is 0.0691. The molecule has 4 nitrogen and oxygen atoms in total. The Morgan fingerprint density at radius 2 is 1.71 bits per heavy atom. The third-order valence-corrected chi connectivity index (χ3v) is 4.99. The van der Waals surface area contributed by atoms with Crippen LogP contribution in [0.2, 0.25) is 0 Å². The van der Waals surface area contributed by atoms with Crippen LogP contribution < -0.4 is 9.47 Å². The van der Waals surface area contributed by atoms with Gasteiger partial charge in [0.05, 0.1) is 20.8 Å². The summed E-state index contributed by atoms with van der Waals surface area (Å²) in [6.45, 7) is 8.65. The highest BCUT2D eigenvalue weighted by molar-refractivity contribution is 7.11. The summed E-state index contributed by atoms with van der Waals surface area (Å²) in [6, 6.07) is 7.84. The number of aryl methyl sites for hydroxylation is 1. The van der Waals surface area contributed by atoms with E-state index in [0.29, 0.717) is 23.6 Å². The van der Waals surface area contributed by atoms with Gasteiger partial charge < -0.3 is 14.4 Å². The fraction of sp³-hybridized carbons (Fsp3) is 0.421. The van der Waals surface area contributed by atoms with Crippen LogP contribution in [0.25, 0.3) is 0 Å². The van der Waals surface area contributed by atoms with Gasteiger partial charge in [0.2, 0.25) is 0 Å². The van der Waals surface area contributed by atoms with Crippen molar-refractivity contribution >= 4 is 17.2 Å². The summed E-state index contributed by atoms with van der Waals surface area (Å²) in [5.74, 6) is 1.30. The van der Waals surface area contributed by atoms with Gasteiger partial charge in [-0.25, -0.2) is 0 Å². The Bertz CT molecular complexity index is 696. The van der Waals surface area contributed by atoms with Crippen LogP contribution >= 0.6 is 11.3 Å². The molecule has 0 atom stereocenters. The molecule has 0 radical (unpaired) electrons. The summed E-state index contributed by atoms with van der Waals surface area (Å²) in [4.78, 5) is 17.4. The zero-order chi connectivity index (χ0) is 17.9. The lowest BCUT2D eigenvalue weighted by atomic mass is 10.1. The Morgan fingerprint density at radius 3 is 2.12 bits per heavy atom. The zero-order valence-corrected chi connectivity index (χ0v) is 16.0. The molecule has 0 fully saturated rings. The number of carbonyl (C=O) groups is 1. The number of amides is 1. The number of hydrogen-bond acceptors (Lipinski definition) is 4. The first kappa shape index (κ1) is 18.3. The molecule has 1 heterocycles. The molecule has 0 unspecified atom stereocenters. The number of rotatable bonds is 6. The van der Waals surface area contributed by atoms with E-state index in [2.05, 4.69) is 19.1 Å². The van der Waals surface area contributed by atoms with Crippen LogP contribution in [0.4, 0.5) is 0 Å². The maximum Gasteiger partial charge on any atom is 0.254 e. The predicted molar refractivity (Wildman–Crippen MR) is 98.3 cm³/mol. The first-order valence-electron chi connectivity index (χ1n) is 7.96. The first-order valence-corrected chi connectivity index (χ1v) is 8.78. The number of methoxy groups -OCH3 is 2. The van der Waals surface area contributed by atoms with Crippen LogP contribution in [0.5, 0.6) is 11.5 Å². The van der Waals surface area contributed by atoms with Gasteiger partial charge in [-0.1, -0.05) is 0 Å².